The molecule has 0 spiro atoms. The van der Waals surface area contributed by atoms with Crippen LogP contribution in [0.4, 0.5) is 0 Å². The summed E-state index contributed by atoms with van der Waals surface area (Å²) in [5.74, 6) is 0.688. The summed E-state index contributed by atoms with van der Waals surface area (Å²) in [6.45, 7) is 7.95. The molecule has 1 fully saturated rings. The molecule has 1 aliphatic rings. The number of piperazine rings is 1. The third-order valence-corrected chi connectivity index (χ3v) is 8.39. The van der Waals surface area contributed by atoms with Gasteiger partial charge in [-0.2, -0.15) is 0 Å². The van der Waals surface area contributed by atoms with Gasteiger partial charge in [0.15, 0.2) is 0 Å². The SMILES string of the molecule is CC(CCc1c[nH]c2ccc(Cl)cc12)NS(=O)(=O)c1ccc(OCCCN2CCN(C)CC2)cc1. The van der Waals surface area contributed by atoms with Gasteiger partial charge in [0, 0.05) is 60.9 Å². The van der Waals surface area contributed by atoms with Crippen molar-refractivity contribution in [3.05, 3.63) is 59.2 Å². The second-order valence-corrected chi connectivity index (χ2v) is 11.5. The number of ether oxygens (including phenoxy) is 1. The lowest BCUT2D eigenvalue weighted by atomic mass is 10.1. The van der Waals surface area contributed by atoms with Crippen molar-refractivity contribution in [3.8, 4) is 5.75 Å². The number of nitrogens with zero attached hydrogens (tertiary/aromatic N) is 2. The number of rotatable bonds is 11. The first-order chi connectivity index (χ1) is 16.8. The molecule has 1 aromatic heterocycles. The van der Waals surface area contributed by atoms with Crippen LogP contribution in [-0.2, 0) is 16.4 Å². The van der Waals surface area contributed by atoms with E-state index < -0.39 is 10.0 Å². The van der Waals surface area contributed by atoms with Crippen LogP contribution in [0.1, 0.15) is 25.3 Å². The fourth-order valence-corrected chi connectivity index (χ4v) is 5.84. The van der Waals surface area contributed by atoms with Gasteiger partial charge in [0.1, 0.15) is 5.75 Å². The highest BCUT2D eigenvalue weighted by molar-refractivity contribution is 7.89. The quantitative estimate of drug-likeness (QED) is 0.373. The third-order valence-electron chi connectivity index (χ3n) is 6.55. The molecule has 4 rings (SSSR count). The van der Waals surface area contributed by atoms with Gasteiger partial charge in [0.25, 0.3) is 0 Å². The van der Waals surface area contributed by atoms with Gasteiger partial charge in [-0.05, 0) is 81.3 Å². The third kappa shape index (κ3) is 7.21. The van der Waals surface area contributed by atoms with Crippen LogP contribution >= 0.6 is 11.6 Å². The Kier molecular flexibility index (Phi) is 8.73. The zero-order chi connectivity index (χ0) is 24.8. The van der Waals surface area contributed by atoms with Crippen molar-refractivity contribution >= 4 is 32.5 Å². The minimum Gasteiger partial charge on any atom is -0.494 e. The first-order valence-electron chi connectivity index (χ1n) is 12.2. The van der Waals surface area contributed by atoms with E-state index in [1.54, 1.807) is 24.3 Å². The first-order valence-corrected chi connectivity index (χ1v) is 14.1. The smallest absolute Gasteiger partial charge is 0.240 e. The van der Waals surface area contributed by atoms with E-state index in [9.17, 15) is 8.42 Å². The average Bonchev–Trinajstić information content (AvgIpc) is 3.23. The van der Waals surface area contributed by atoms with Crippen molar-refractivity contribution in [1.82, 2.24) is 19.5 Å². The maximum Gasteiger partial charge on any atom is 0.240 e. The van der Waals surface area contributed by atoms with E-state index >= 15 is 0 Å². The predicted molar refractivity (Wildman–Crippen MR) is 142 cm³/mol. The van der Waals surface area contributed by atoms with E-state index in [0.717, 1.165) is 62.0 Å². The maximum atomic E-state index is 12.8. The second kappa shape index (κ2) is 11.8. The van der Waals surface area contributed by atoms with Crippen LogP contribution in [0.3, 0.4) is 0 Å². The Morgan fingerprint density at radius 1 is 1.11 bits per heavy atom. The number of aromatic amines is 1. The fourth-order valence-electron chi connectivity index (χ4n) is 4.39. The van der Waals surface area contributed by atoms with Gasteiger partial charge in [-0.25, -0.2) is 13.1 Å². The van der Waals surface area contributed by atoms with Gasteiger partial charge in [0.05, 0.1) is 11.5 Å². The standard InChI is InChI=1S/C26H35ClN4O3S/c1-20(4-5-21-19-28-26-11-6-22(27)18-25(21)26)29-35(32,33)24-9-7-23(8-10-24)34-17-3-12-31-15-13-30(2)14-16-31/h6-11,18-20,28-29H,3-5,12-17H2,1-2H3. The molecule has 2 N–H and O–H groups in total. The molecule has 0 bridgehead atoms. The van der Waals surface area contributed by atoms with E-state index in [1.165, 1.54) is 0 Å². The number of H-pyrrole nitrogens is 1. The van der Waals surface area contributed by atoms with E-state index in [4.69, 9.17) is 16.3 Å². The monoisotopic (exact) mass is 518 g/mol. The number of sulfonamides is 1. The van der Waals surface area contributed by atoms with E-state index in [0.29, 0.717) is 23.8 Å². The minimum absolute atomic E-state index is 0.213. The lowest BCUT2D eigenvalue weighted by Gasteiger charge is -2.32. The summed E-state index contributed by atoms with van der Waals surface area (Å²) in [5, 5.41) is 1.77. The van der Waals surface area contributed by atoms with Crippen molar-refractivity contribution in [2.75, 3.05) is 46.4 Å². The Morgan fingerprint density at radius 3 is 2.60 bits per heavy atom. The van der Waals surface area contributed by atoms with Gasteiger partial charge in [-0.1, -0.05) is 11.6 Å². The molecule has 7 nitrogen and oxygen atoms in total. The van der Waals surface area contributed by atoms with Crippen LogP contribution in [0.25, 0.3) is 10.9 Å². The van der Waals surface area contributed by atoms with Crippen molar-refractivity contribution < 1.29 is 13.2 Å². The summed E-state index contributed by atoms with van der Waals surface area (Å²) in [5.41, 5.74) is 2.15. The zero-order valence-corrected chi connectivity index (χ0v) is 22.0. The molecule has 9 heteroatoms. The Bertz CT molecular complexity index is 1210. The van der Waals surface area contributed by atoms with Gasteiger partial charge in [0.2, 0.25) is 10.0 Å². The Balaban J connectivity index is 1.23. The van der Waals surface area contributed by atoms with Crippen molar-refractivity contribution in [2.24, 2.45) is 0 Å². The molecule has 2 heterocycles. The number of fused-ring (bicyclic) bond motifs is 1. The summed E-state index contributed by atoms with van der Waals surface area (Å²) >= 11 is 6.13. The van der Waals surface area contributed by atoms with Crippen LogP contribution in [0.15, 0.2) is 53.6 Å². The number of hydrogen-bond acceptors (Lipinski definition) is 5. The number of benzene rings is 2. The highest BCUT2D eigenvalue weighted by Crippen LogP contribution is 2.24. The average molecular weight is 519 g/mol. The molecule has 0 radical (unpaired) electrons. The van der Waals surface area contributed by atoms with Crippen molar-refractivity contribution in [1.29, 1.82) is 0 Å². The molecule has 2 aromatic carbocycles. The number of likely N-dealkylation sites (N-methyl/N-ethyl adjacent to an activating group) is 1. The lowest BCUT2D eigenvalue weighted by Crippen LogP contribution is -2.44. The zero-order valence-electron chi connectivity index (χ0n) is 20.5. The van der Waals surface area contributed by atoms with E-state index in [1.807, 2.05) is 31.3 Å². The number of halogens is 1. The van der Waals surface area contributed by atoms with Crippen molar-refractivity contribution in [3.63, 3.8) is 0 Å². The molecule has 1 unspecified atom stereocenters. The van der Waals surface area contributed by atoms with Crippen LogP contribution in [0.5, 0.6) is 5.75 Å². The lowest BCUT2D eigenvalue weighted by molar-refractivity contribution is 0.145. The summed E-state index contributed by atoms with van der Waals surface area (Å²) in [6, 6.07) is 12.2. The normalized spacial score (nSPS) is 16.5. The topological polar surface area (TPSA) is 77.7 Å². The van der Waals surface area contributed by atoms with Gasteiger partial charge >= 0.3 is 0 Å². The summed E-state index contributed by atoms with van der Waals surface area (Å²) in [7, 11) is -1.45. The molecule has 0 aliphatic carbocycles. The van der Waals surface area contributed by atoms with Crippen LogP contribution in [-0.4, -0.2) is 75.6 Å². The van der Waals surface area contributed by atoms with E-state index in [2.05, 4.69) is 26.6 Å². The molecule has 35 heavy (non-hydrogen) atoms. The van der Waals surface area contributed by atoms with Gasteiger partial charge < -0.3 is 19.5 Å². The highest BCUT2D eigenvalue weighted by atomic mass is 35.5. The van der Waals surface area contributed by atoms with Gasteiger partial charge in [-0.15, -0.1) is 0 Å². The Morgan fingerprint density at radius 2 is 1.86 bits per heavy atom. The molecule has 1 saturated heterocycles. The Hall–Kier alpha value is -2.10. The molecule has 0 saturated carbocycles. The molecule has 0 amide bonds. The summed E-state index contributed by atoms with van der Waals surface area (Å²) < 4.78 is 34.3. The molecule has 3 aromatic rings. The summed E-state index contributed by atoms with van der Waals surface area (Å²) in [6.07, 6.45) is 4.33. The second-order valence-electron chi connectivity index (χ2n) is 9.38. The van der Waals surface area contributed by atoms with Crippen LogP contribution in [0.2, 0.25) is 5.02 Å². The number of aromatic nitrogens is 1. The van der Waals surface area contributed by atoms with Crippen LogP contribution in [0, 0.1) is 0 Å². The maximum absolute atomic E-state index is 12.8. The van der Waals surface area contributed by atoms with Crippen LogP contribution < -0.4 is 9.46 Å². The Labute approximate surface area is 213 Å². The molecule has 1 atom stereocenters. The van der Waals surface area contributed by atoms with E-state index in [-0.39, 0.29) is 10.9 Å². The first kappa shape index (κ1) is 26.0. The molecule has 1 aliphatic heterocycles. The fraction of sp³-hybridized carbons (Fsp3) is 0.462. The van der Waals surface area contributed by atoms with Crippen molar-refractivity contribution in [2.45, 2.75) is 37.1 Å². The molecule has 190 valence electrons. The minimum atomic E-state index is -3.61. The number of aryl methyl sites for hydroxylation is 1. The predicted octanol–water partition coefficient (Wildman–Crippen LogP) is 4.14. The number of nitrogens with one attached hydrogen (secondary N) is 2. The molecular formula is C26H35ClN4O3S. The van der Waals surface area contributed by atoms with Gasteiger partial charge in [-0.3, -0.25) is 0 Å². The number of hydrogen-bond donors (Lipinski definition) is 2. The molecular weight excluding hydrogens is 484 g/mol. The largest absolute Gasteiger partial charge is 0.494 e. The highest BCUT2D eigenvalue weighted by Gasteiger charge is 2.18. The summed E-state index contributed by atoms with van der Waals surface area (Å²) in [4.78, 5) is 8.29.